The summed E-state index contributed by atoms with van der Waals surface area (Å²) in [6, 6.07) is 12.4. The number of halogens is 1. The minimum Gasteiger partial charge on any atom is -0.457 e. The van der Waals surface area contributed by atoms with Gasteiger partial charge in [0.1, 0.15) is 11.5 Å². The zero-order chi connectivity index (χ0) is 14.5. The first kappa shape index (κ1) is 14.5. The molecule has 0 unspecified atom stereocenters. The first-order chi connectivity index (χ1) is 9.63. The third-order valence-corrected chi connectivity index (χ3v) is 3.56. The molecule has 0 amide bonds. The molecule has 0 saturated carbocycles. The Morgan fingerprint density at radius 2 is 1.90 bits per heavy atom. The molecule has 0 aliphatic rings. The molecule has 0 fully saturated rings. The highest BCUT2D eigenvalue weighted by atomic mass is 79.9. The van der Waals surface area contributed by atoms with Crippen LogP contribution in [0.25, 0.3) is 0 Å². The third kappa shape index (κ3) is 3.36. The lowest BCUT2D eigenvalue weighted by atomic mass is 10.1. The summed E-state index contributed by atoms with van der Waals surface area (Å²) in [7, 11) is 0. The molecule has 0 aliphatic carbocycles. The number of nitro groups is 1. The van der Waals surface area contributed by atoms with E-state index in [4.69, 9.17) is 4.74 Å². The van der Waals surface area contributed by atoms with E-state index < -0.39 is 4.92 Å². The normalized spacial score (nSPS) is 10.3. The summed E-state index contributed by atoms with van der Waals surface area (Å²) in [5, 5.41) is 11.3. The molecule has 0 spiro atoms. The Balaban J connectivity index is 2.25. The monoisotopic (exact) mass is 335 g/mol. The highest BCUT2D eigenvalue weighted by Gasteiger charge is 2.11. The summed E-state index contributed by atoms with van der Waals surface area (Å²) >= 11 is 3.33. The Labute approximate surface area is 125 Å². The fraction of sp³-hybridized carbons (Fsp3) is 0.200. The SMILES string of the molecule is CCc1ccc(Oc2ccc([N+](=O)[O-])cc2CBr)cc1. The van der Waals surface area contributed by atoms with Crippen LogP contribution < -0.4 is 4.74 Å². The maximum Gasteiger partial charge on any atom is 0.270 e. The molecule has 0 radical (unpaired) electrons. The number of aryl methyl sites for hydroxylation is 1. The van der Waals surface area contributed by atoms with Crippen LogP contribution in [0.5, 0.6) is 11.5 Å². The standard InChI is InChI=1S/C15H14BrNO3/c1-2-11-3-6-14(7-4-11)20-15-8-5-13(17(18)19)9-12(15)10-16/h3-9H,2,10H2,1H3. The summed E-state index contributed by atoms with van der Waals surface area (Å²) in [6.45, 7) is 2.09. The summed E-state index contributed by atoms with van der Waals surface area (Å²) in [5.41, 5.74) is 2.05. The van der Waals surface area contributed by atoms with Gasteiger partial charge in [-0.1, -0.05) is 35.0 Å². The Kier molecular flexibility index (Phi) is 4.74. The zero-order valence-corrected chi connectivity index (χ0v) is 12.6. The van der Waals surface area contributed by atoms with E-state index in [1.54, 1.807) is 6.07 Å². The molecule has 2 aromatic rings. The topological polar surface area (TPSA) is 52.4 Å². The second-order valence-corrected chi connectivity index (χ2v) is 4.84. The molecule has 0 N–H and O–H groups in total. The van der Waals surface area contributed by atoms with Gasteiger partial charge in [-0.05, 0) is 30.2 Å². The van der Waals surface area contributed by atoms with E-state index in [2.05, 4.69) is 22.9 Å². The van der Waals surface area contributed by atoms with Crippen LogP contribution >= 0.6 is 15.9 Å². The summed E-state index contributed by atoms with van der Waals surface area (Å²) in [6.07, 6.45) is 0.977. The number of benzene rings is 2. The number of alkyl halides is 1. The van der Waals surface area contributed by atoms with Gasteiger partial charge in [-0.25, -0.2) is 0 Å². The van der Waals surface area contributed by atoms with Crippen LogP contribution in [0, 0.1) is 10.1 Å². The molecule has 0 heterocycles. The van der Waals surface area contributed by atoms with Gasteiger partial charge in [-0.15, -0.1) is 0 Å². The van der Waals surface area contributed by atoms with Crippen molar-refractivity contribution in [3.05, 3.63) is 63.7 Å². The predicted molar refractivity (Wildman–Crippen MR) is 81.6 cm³/mol. The number of rotatable bonds is 5. The average Bonchev–Trinajstić information content (AvgIpc) is 2.48. The van der Waals surface area contributed by atoms with Gasteiger partial charge < -0.3 is 4.74 Å². The number of non-ortho nitro benzene ring substituents is 1. The van der Waals surface area contributed by atoms with E-state index in [0.717, 1.165) is 17.7 Å². The van der Waals surface area contributed by atoms with Crippen LogP contribution in [0.15, 0.2) is 42.5 Å². The lowest BCUT2D eigenvalue weighted by molar-refractivity contribution is -0.384. The van der Waals surface area contributed by atoms with Gasteiger partial charge in [-0.2, -0.15) is 0 Å². The Morgan fingerprint density at radius 3 is 2.45 bits per heavy atom. The van der Waals surface area contributed by atoms with Crippen LogP contribution in [0.3, 0.4) is 0 Å². The summed E-state index contributed by atoms with van der Waals surface area (Å²) in [4.78, 5) is 10.3. The van der Waals surface area contributed by atoms with E-state index in [-0.39, 0.29) is 5.69 Å². The van der Waals surface area contributed by atoms with Crippen molar-refractivity contribution in [3.63, 3.8) is 0 Å². The van der Waals surface area contributed by atoms with Gasteiger partial charge in [0, 0.05) is 23.0 Å². The van der Waals surface area contributed by atoms with Crippen molar-refractivity contribution in [2.45, 2.75) is 18.7 Å². The molecule has 5 heteroatoms. The van der Waals surface area contributed by atoms with Crippen LogP contribution in [-0.4, -0.2) is 4.92 Å². The molecule has 20 heavy (non-hydrogen) atoms. The minimum absolute atomic E-state index is 0.0631. The molecule has 0 aliphatic heterocycles. The van der Waals surface area contributed by atoms with Crippen molar-refractivity contribution in [2.75, 3.05) is 0 Å². The van der Waals surface area contributed by atoms with Gasteiger partial charge in [-0.3, -0.25) is 10.1 Å². The molecule has 2 rings (SSSR count). The minimum atomic E-state index is -0.411. The van der Waals surface area contributed by atoms with Crippen LogP contribution in [0.2, 0.25) is 0 Å². The lowest BCUT2D eigenvalue weighted by Gasteiger charge is -2.10. The van der Waals surface area contributed by atoms with Crippen molar-refractivity contribution in [2.24, 2.45) is 0 Å². The van der Waals surface area contributed by atoms with Crippen LogP contribution in [0.4, 0.5) is 5.69 Å². The third-order valence-electron chi connectivity index (χ3n) is 2.96. The van der Waals surface area contributed by atoms with E-state index in [1.165, 1.54) is 17.7 Å². The second kappa shape index (κ2) is 6.52. The van der Waals surface area contributed by atoms with Crippen molar-refractivity contribution in [1.82, 2.24) is 0 Å². The largest absolute Gasteiger partial charge is 0.457 e. The Morgan fingerprint density at radius 1 is 1.20 bits per heavy atom. The fourth-order valence-electron chi connectivity index (χ4n) is 1.80. The lowest BCUT2D eigenvalue weighted by Crippen LogP contribution is -1.93. The van der Waals surface area contributed by atoms with Crippen molar-refractivity contribution in [1.29, 1.82) is 0 Å². The number of hydrogen-bond acceptors (Lipinski definition) is 3. The van der Waals surface area contributed by atoms with E-state index in [1.807, 2.05) is 24.3 Å². The molecular weight excluding hydrogens is 322 g/mol. The molecular formula is C15H14BrNO3. The van der Waals surface area contributed by atoms with Gasteiger partial charge >= 0.3 is 0 Å². The highest BCUT2D eigenvalue weighted by Crippen LogP contribution is 2.30. The fourth-order valence-corrected chi connectivity index (χ4v) is 2.24. The first-order valence-corrected chi connectivity index (χ1v) is 7.36. The van der Waals surface area contributed by atoms with Crippen LogP contribution in [-0.2, 0) is 11.8 Å². The molecule has 104 valence electrons. The summed E-state index contributed by atoms with van der Waals surface area (Å²) in [5.74, 6) is 1.34. The number of nitro benzene ring substituents is 1. The zero-order valence-electron chi connectivity index (χ0n) is 11.0. The smallest absolute Gasteiger partial charge is 0.270 e. The quantitative estimate of drug-likeness (QED) is 0.446. The van der Waals surface area contributed by atoms with E-state index in [0.29, 0.717) is 11.1 Å². The van der Waals surface area contributed by atoms with Crippen molar-refractivity contribution >= 4 is 21.6 Å². The van der Waals surface area contributed by atoms with Crippen LogP contribution in [0.1, 0.15) is 18.1 Å². The predicted octanol–water partition coefficient (Wildman–Crippen LogP) is 4.84. The van der Waals surface area contributed by atoms with Crippen molar-refractivity contribution in [3.8, 4) is 11.5 Å². The molecule has 0 saturated heterocycles. The average molecular weight is 336 g/mol. The van der Waals surface area contributed by atoms with E-state index >= 15 is 0 Å². The van der Waals surface area contributed by atoms with Gasteiger partial charge in [0.05, 0.1) is 4.92 Å². The maximum atomic E-state index is 10.8. The van der Waals surface area contributed by atoms with Gasteiger partial charge in [0.15, 0.2) is 0 Å². The number of hydrogen-bond donors (Lipinski definition) is 0. The molecule has 4 nitrogen and oxygen atoms in total. The number of nitrogens with zero attached hydrogens (tertiary/aromatic N) is 1. The molecule has 2 aromatic carbocycles. The second-order valence-electron chi connectivity index (χ2n) is 4.28. The maximum absolute atomic E-state index is 10.8. The van der Waals surface area contributed by atoms with Gasteiger partial charge in [0.2, 0.25) is 0 Å². The highest BCUT2D eigenvalue weighted by molar-refractivity contribution is 9.08. The Bertz CT molecular complexity index is 611. The van der Waals surface area contributed by atoms with Gasteiger partial charge in [0.25, 0.3) is 5.69 Å². The van der Waals surface area contributed by atoms with Crippen molar-refractivity contribution < 1.29 is 9.66 Å². The molecule has 0 atom stereocenters. The first-order valence-electron chi connectivity index (χ1n) is 6.24. The Hall–Kier alpha value is -1.88. The number of ether oxygens (including phenoxy) is 1. The molecule has 0 bridgehead atoms. The summed E-state index contributed by atoms with van der Waals surface area (Å²) < 4.78 is 5.78. The molecule has 0 aromatic heterocycles. The van der Waals surface area contributed by atoms with E-state index in [9.17, 15) is 10.1 Å².